The first-order valence-electron chi connectivity index (χ1n) is 12.2. The van der Waals surface area contributed by atoms with Gasteiger partial charge in [0.05, 0.1) is 0 Å². The van der Waals surface area contributed by atoms with Crippen LogP contribution in [0.25, 0.3) is 0 Å². The van der Waals surface area contributed by atoms with Crippen molar-refractivity contribution >= 4 is 52.3 Å². The molecule has 0 radical (unpaired) electrons. The van der Waals surface area contributed by atoms with Crippen molar-refractivity contribution in [3.05, 3.63) is 65.5 Å². The summed E-state index contributed by atoms with van der Waals surface area (Å²) in [5.74, 6) is -0.584. The number of carbonyl (C=O) groups is 1. The van der Waals surface area contributed by atoms with Gasteiger partial charge in [-0.3, -0.25) is 0 Å². The second kappa shape index (κ2) is 12.5. The molecule has 10 nitrogen and oxygen atoms in total. The monoisotopic (exact) mass is 640 g/mol. The topological polar surface area (TPSA) is 126 Å². The standard InChI is InChI=1S/C25H28AsF3N6O4S/c1-35(40(2,37)38)22-17(7-4-10-30-22)13-31-21-20(25(27,28)29)14-32-24(34-21)26-18-8-3-6-16(12-18)23(36)33-19-9-5-11-39-15-19/h3-4,6-8,10,12,14,19,26H,5,9,11,13,15H2,1-2H3,(H,33,36)(H,31,32,34). The molecule has 40 heavy (non-hydrogen) atoms. The molecule has 3 heterocycles. The molecule has 1 aliphatic heterocycles. The van der Waals surface area contributed by atoms with Crippen LogP contribution in [0.4, 0.5) is 24.8 Å². The first-order chi connectivity index (χ1) is 18.9. The van der Waals surface area contributed by atoms with Gasteiger partial charge < -0.3 is 0 Å². The Kier molecular flexibility index (Phi) is 9.32. The predicted molar refractivity (Wildman–Crippen MR) is 146 cm³/mol. The van der Waals surface area contributed by atoms with Crippen molar-refractivity contribution in [1.29, 1.82) is 0 Å². The van der Waals surface area contributed by atoms with E-state index in [0.29, 0.717) is 24.3 Å². The molecule has 2 unspecified atom stereocenters. The van der Waals surface area contributed by atoms with Crippen molar-refractivity contribution in [2.45, 2.75) is 31.6 Å². The third-order valence-corrected chi connectivity index (χ3v) is 9.48. The summed E-state index contributed by atoms with van der Waals surface area (Å²) in [5.41, 5.74) is -0.245. The Bertz CT molecular complexity index is 1470. The molecule has 1 aliphatic rings. The van der Waals surface area contributed by atoms with Crippen LogP contribution in [0, 0.1) is 0 Å². The van der Waals surface area contributed by atoms with E-state index in [2.05, 4.69) is 25.6 Å². The Morgan fingerprint density at radius 1 is 1.23 bits per heavy atom. The summed E-state index contributed by atoms with van der Waals surface area (Å²) < 4.78 is 72.7. The molecular weight excluding hydrogens is 612 g/mol. The average Bonchev–Trinajstić information content (AvgIpc) is 2.91. The number of ether oxygens (including phenoxy) is 1. The third-order valence-electron chi connectivity index (χ3n) is 6.08. The maximum atomic E-state index is 13.8. The number of sulfonamides is 1. The summed E-state index contributed by atoms with van der Waals surface area (Å²) in [5, 5.41) is 5.65. The summed E-state index contributed by atoms with van der Waals surface area (Å²) in [6, 6.07) is 9.95. The van der Waals surface area contributed by atoms with Crippen molar-refractivity contribution in [3.8, 4) is 0 Å². The minimum atomic E-state index is -4.72. The SMILES string of the molecule is CN(c1ncccc1CNc1nc([AsH]c2cccc(C(=O)NC3CCCOC3)c2)ncc1C(F)(F)F)S(C)(=O)=O. The average molecular weight is 641 g/mol. The molecule has 4 rings (SSSR count). The van der Waals surface area contributed by atoms with Crippen LogP contribution in [0.2, 0.25) is 0 Å². The molecular formula is C25H28AsF3N6O4S. The molecule has 0 bridgehead atoms. The zero-order valence-corrected chi connectivity index (χ0v) is 24.6. The Labute approximate surface area is 236 Å². The number of nitrogens with zero attached hydrogens (tertiary/aromatic N) is 4. The van der Waals surface area contributed by atoms with Crippen LogP contribution < -0.4 is 23.9 Å². The molecule has 0 saturated carbocycles. The van der Waals surface area contributed by atoms with Gasteiger partial charge in [0, 0.05) is 0 Å². The van der Waals surface area contributed by atoms with Crippen LogP contribution in [0.1, 0.15) is 34.3 Å². The first-order valence-corrected chi connectivity index (χ1v) is 16.2. The van der Waals surface area contributed by atoms with Gasteiger partial charge in [0.15, 0.2) is 0 Å². The molecule has 0 spiro atoms. The molecule has 214 valence electrons. The van der Waals surface area contributed by atoms with Gasteiger partial charge in [-0.05, 0) is 0 Å². The van der Waals surface area contributed by atoms with E-state index in [4.69, 9.17) is 4.74 Å². The molecule has 3 aromatic rings. The molecule has 0 aliphatic carbocycles. The predicted octanol–water partition coefficient (Wildman–Crippen LogP) is 1.19. The number of hydrogen-bond donors (Lipinski definition) is 2. The number of anilines is 2. The van der Waals surface area contributed by atoms with E-state index in [1.54, 1.807) is 36.4 Å². The Hall–Kier alpha value is -3.22. The fourth-order valence-electron chi connectivity index (χ4n) is 3.96. The molecule has 1 saturated heterocycles. The second-order valence-corrected chi connectivity index (χ2v) is 13.8. The van der Waals surface area contributed by atoms with Crippen molar-refractivity contribution in [1.82, 2.24) is 20.3 Å². The van der Waals surface area contributed by atoms with Gasteiger partial charge in [0.25, 0.3) is 0 Å². The summed E-state index contributed by atoms with van der Waals surface area (Å²) in [6.07, 6.45) is 0.121. The third kappa shape index (κ3) is 7.70. The van der Waals surface area contributed by atoms with E-state index < -0.39 is 43.3 Å². The number of benzene rings is 1. The number of aromatic nitrogens is 3. The van der Waals surface area contributed by atoms with Crippen molar-refractivity contribution < 1.29 is 31.1 Å². The van der Waals surface area contributed by atoms with Gasteiger partial charge in [-0.1, -0.05) is 0 Å². The van der Waals surface area contributed by atoms with Gasteiger partial charge >= 0.3 is 237 Å². The number of carbonyl (C=O) groups excluding carboxylic acids is 1. The Balaban J connectivity index is 1.54. The second-order valence-electron chi connectivity index (χ2n) is 9.12. The number of rotatable bonds is 9. The summed E-state index contributed by atoms with van der Waals surface area (Å²) in [4.78, 5) is 25.0. The summed E-state index contributed by atoms with van der Waals surface area (Å²) in [6.45, 7) is 0.973. The van der Waals surface area contributed by atoms with Crippen molar-refractivity contribution in [2.24, 2.45) is 0 Å². The van der Waals surface area contributed by atoms with E-state index in [0.717, 1.165) is 34.0 Å². The summed E-state index contributed by atoms with van der Waals surface area (Å²) in [7, 11) is -2.33. The van der Waals surface area contributed by atoms with E-state index in [1.165, 1.54) is 13.2 Å². The number of hydrogen-bond acceptors (Lipinski definition) is 8. The van der Waals surface area contributed by atoms with Crippen molar-refractivity contribution in [2.75, 3.05) is 36.1 Å². The van der Waals surface area contributed by atoms with E-state index >= 15 is 0 Å². The molecule has 2 N–H and O–H groups in total. The maximum absolute atomic E-state index is 13.8. The van der Waals surface area contributed by atoms with Gasteiger partial charge in [-0.2, -0.15) is 0 Å². The van der Waals surface area contributed by atoms with E-state index in [9.17, 15) is 26.4 Å². The molecule has 2 aromatic heterocycles. The molecule has 1 fully saturated rings. The Morgan fingerprint density at radius 3 is 2.73 bits per heavy atom. The van der Waals surface area contributed by atoms with Crippen LogP contribution in [-0.4, -0.2) is 77.6 Å². The van der Waals surface area contributed by atoms with Crippen LogP contribution in [-0.2, 0) is 27.5 Å². The van der Waals surface area contributed by atoms with E-state index in [1.807, 2.05) is 0 Å². The zero-order chi connectivity index (χ0) is 28.9. The molecule has 15 heteroatoms. The van der Waals surface area contributed by atoms with Crippen LogP contribution in [0.3, 0.4) is 0 Å². The molecule has 2 atom stereocenters. The molecule has 1 amide bonds. The van der Waals surface area contributed by atoms with Crippen LogP contribution >= 0.6 is 0 Å². The quantitative estimate of drug-likeness (QED) is 0.335. The number of halogens is 3. The van der Waals surface area contributed by atoms with Gasteiger partial charge in [-0.15, -0.1) is 0 Å². The van der Waals surface area contributed by atoms with Gasteiger partial charge in [0.2, 0.25) is 0 Å². The number of pyridine rings is 1. The minimum absolute atomic E-state index is 0.0645. The summed E-state index contributed by atoms with van der Waals surface area (Å²) >= 11 is -1.30. The van der Waals surface area contributed by atoms with Crippen LogP contribution in [0.5, 0.6) is 0 Å². The fourth-order valence-corrected chi connectivity index (χ4v) is 6.46. The zero-order valence-electron chi connectivity index (χ0n) is 21.7. The normalized spacial score (nSPS) is 16.2. The Morgan fingerprint density at radius 2 is 2.02 bits per heavy atom. The van der Waals surface area contributed by atoms with Gasteiger partial charge in [-0.25, -0.2) is 0 Å². The number of nitrogens with one attached hydrogen (secondary N) is 2. The van der Waals surface area contributed by atoms with Gasteiger partial charge in [0.1, 0.15) is 0 Å². The van der Waals surface area contributed by atoms with E-state index in [-0.39, 0.29) is 28.9 Å². The molecule has 1 aromatic carbocycles. The number of amides is 1. The van der Waals surface area contributed by atoms with Crippen molar-refractivity contribution in [3.63, 3.8) is 0 Å². The van der Waals surface area contributed by atoms with Crippen LogP contribution in [0.15, 0.2) is 48.8 Å². The fraction of sp³-hybridized carbons (Fsp3) is 0.360. The first kappa shape index (κ1) is 29.8. The number of alkyl halides is 3.